The van der Waals surface area contributed by atoms with E-state index in [9.17, 15) is 13.2 Å². The number of sulfonamides is 1. The minimum absolute atomic E-state index is 0. The van der Waals surface area contributed by atoms with Crippen molar-refractivity contribution in [2.75, 3.05) is 29.3 Å². The predicted octanol–water partition coefficient (Wildman–Crippen LogP) is 4.34. The lowest BCUT2D eigenvalue weighted by Gasteiger charge is -2.30. The Morgan fingerprint density at radius 2 is 1.85 bits per heavy atom. The van der Waals surface area contributed by atoms with Gasteiger partial charge >= 0.3 is 0 Å². The quantitative estimate of drug-likeness (QED) is 0.543. The summed E-state index contributed by atoms with van der Waals surface area (Å²) in [5.74, 6) is -0.291. The highest BCUT2D eigenvalue weighted by molar-refractivity contribution is 7.92. The standard InChI is InChI=1S/C24H26N4O3S2.ClH/c1-2-27-15-13-20-22(16-27)32-24(25-20)26-23(29)18-9-11-19(12-10-18)33(30,31)28-14-5-7-17-6-3-4-8-21(17)28;/h3-4,6,8-12H,2,5,7,13-16H2,1H3,(H,25,26,29);1H. The fraction of sp³-hybridized carbons (Fsp3) is 0.333. The maximum absolute atomic E-state index is 13.3. The van der Waals surface area contributed by atoms with Crippen molar-refractivity contribution in [1.29, 1.82) is 0 Å². The fourth-order valence-electron chi connectivity index (χ4n) is 4.40. The van der Waals surface area contributed by atoms with Gasteiger partial charge in [0.2, 0.25) is 0 Å². The van der Waals surface area contributed by atoms with Crippen molar-refractivity contribution in [2.24, 2.45) is 0 Å². The SMILES string of the molecule is CCN1CCc2nc(NC(=O)c3ccc(S(=O)(=O)N4CCCc5ccccc54)cc3)sc2C1.Cl. The molecule has 0 aliphatic carbocycles. The number of aromatic nitrogens is 1. The molecule has 3 aromatic rings. The molecule has 0 fully saturated rings. The van der Waals surface area contributed by atoms with E-state index in [1.807, 2.05) is 24.3 Å². The Morgan fingerprint density at radius 3 is 2.62 bits per heavy atom. The Labute approximate surface area is 210 Å². The van der Waals surface area contributed by atoms with E-state index in [-0.39, 0.29) is 23.2 Å². The molecule has 1 amide bonds. The van der Waals surface area contributed by atoms with E-state index in [4.69, 9.17) is 0 Å². The van der Waals surface area contributed by atoms with E-state index in [2.05, 4.69) is 22.1 Å². The molecule has 10 heteroatoms. The molecule has 5 rings (SSSR count). The van der Waals surface area contributed by atoms with Gasteiger partial charge in [-0.1, -0.05) is 25.1 Å². The molecule has 0 radical (unpaired) electrons. The number of nitrogens with zero attached hydrogens (tertiary/aromatic N) is 3. The van der Waals surface area contributed by atoms with Crippen LogP contribution < -0.4 is 9.62 Å². The van der Waals surface area contributed by atoms with Gasteiger partial charge in [-0.2, -0.15) is 0 Å². The zero-order valence-corrected chi connectivity index (χ0v) is 21.3. The molecule has 34 heavy (non-hydrogen) atoms. The topological polar surface area (TPSA) is 82.6 Å². The Hall–Kier alpha value is -2.46. The number of anilines is 2. The molecular formula is C24H27ClN4O3S2. The van der Waals surface area contributed by atoms with Crippen LogP contribution in [0.4, 0.5) is 10.8 Å². The molecule has 1 aromatic heterocycles. The van der Waals surface area contributed by atoms with Crippen molar-refractivity contribution in [2.45, 2.75) is 37.6 Å². The van der Waals surface area contributed by atoms with Crippen molar-refractivity contribution in [3.63, 3.8) is 0 Å². The summed E-state index contributed by atoms with van der Waals surface area (Å²) in [6.07, 6.45) is 2.55. The first kappa shape index (κ1) is 24.7. The monoisotopic (exact) mass is 518 g/mol. The molecule has 0 bridgehead atoms. The number of benzene rings is 2. The number of aryl methyl sites for hydroxylation is 1. The average Bonchev–Trinajstić information content (AvgIpc) is 3.25. The van der Waals surface area contributed by atoms with Crippen LogP contribution in [0.3, 0.4) is 0 Å². The molecule has 0 atom stereocenters. The third kappa shape index (κ3) is 4.70. The maximum atomic E-state index is 13.3. The smallest absolute Gasteiger partial charge is 0.264 e. The lowest BCUT2D eigenvalue weighted by atomic mass is 10.0. The van der Waals surface area contributed by atoms with E-state index < -0.39 is 10.0 Å². The highest BCUT2D eigenvalue weighted by Gasteiger charge is 2.29. The van der Waals surface area contributed by atoms with E-state index in [0.717, 1.165) is 55.8 Å². The first-order valence-electron chi connectivity index (χ1n) is 11.2. The van der Waals surface area contributed by atoms with E-state index in [1.54, 1.807) is 12.1 Å². The molecule has 0 spiro atoms. The second kappa shape index (κ2) is 10.0. The summed E-state index contributed by atoms with van der Waals surface area (Å²) in [4.78, 5) is 21.1. The molecular weight excluding hydrogens is 492 g/mol. The summed E-state index contributed by atoms with van der Waals surface area (Å²) in [6.45, 7) is 5.44. The number of halogens is 1. The van der Waals surface area contributed by atoms with Gasteiger partial charge in [0, 0.05) is 36.5 Å². The van der Waals surface area contributed by atoms with E-state index in [0.29, 0.717) is 17.2 Å². The first-order chi connectivity index (χ1) is 16.0. The molecule has 0 saturated carbocycles. The van der Waals surface area contributed by atoms with Gasteiger partial charge in [0.15, 0.2) is 5.13 Å². The number of hydrogen-bond donors (Lipinski definition) is 1. The van der Waals surface area contributed by atoms with Crippen LogP contribution in [0, 0.1) is 0 Å². The van der Waals surface area contributed by atoms with Crippen molar-refractivity contribution in [3.8, 4) is 0 Å². The van der Waals surface area contributed by atoms with Crippen molar-refractivity contribution in [3.05, 3.63) is 70.2 Å². The van der Waals surface area contributed by atoms with Crippen LogP contribution in [-0.2, 0) is 29.4 Å². The lowest BCUT2D eigenvalue weighted by molar-refractivity contribution is 0.102. The molecule has 180 valence electrons. The Bertz CT molecular complexity index is 1290. The van der Waals surface area contributed by atoms with Gasteiger partial charge in [-0.3, -0.25) is 19.3 Å². The molecule has 0 unspecified atom stereocenters. The highest BCUT2D eigenvalue weighted by Crippen LogP contribution is 2.32. The van der Waals surface area contributed by atoms with Crippen molar-refractivity contribution >= 4 is 50.5 Å². The summed E-state index contributed by atoms with van der Waals surface area (Å²) >= 11 is 1.51. The number of hydrogen-bond acceptors (Lipinski definition) is 6. The van der Waals surface area contributed by atoms with Gasteiger partial charge in [0.05, 0.1) is 16.3 Å². The molecule has 1 N–H and O–H groups in total. The maximum Gasteiger partial charge on any atom is 0.264 e. The van der Waals surface area contributed by atoms with Crippen LogP contribution in [0.5, 0.6) is 0 Å². The first-order valence-corrected chi connectivity index (χ1v) is 13.4. The largest absolute Gasteiger partial charge is 0.298 e. The van der Waals surface area contributed by atoms with Crippen molar-refractivity contribution < 1.29 is 13.2 Å². The van der Waals surface area contributed by atoms with E-state index >= 15 is 0 Å². The summed E-state index contributed by atoms with van der Waals surface area (Å²) in [7, 11) is -3.70. The van der Waals surface area contributed by atoms with Gasteiger partial charge in [0.1, 0.15) is 0 Å². The second-order valence-corrected chi connectivity index (χ2v) is 11.2. The van der Waals surface area contributed by atoms with Crippen LogP contribution >= 0.6 is 23.7 Å². The average molecular weight is 519 g/mol. The summed E-state index contributed by atoms with van der Waals surface area (Å²) in [5.41, 5.74) is 3.23. The van der Waals surface area contributed by atoms with Gasteiger partial charge in [-0.05, 0) is 55.3 Å². The number of rotatable bonds is 5. The third-order valence-corrected chi connectivity index (χ3v) is 9.08. The fourth-order valence-corrected chi connectivity index (χ4v) is 6.98. The number of carbonyl (C=O) groups is 1. The molecule has 7 nitrogen and oxygen atoms in total. The zero-order valence-electron chi connectivity index (χ0n) is 18.9. The minimum Gasteiger partial charge on any atom is -0.298 e. The highest BCUT2D eigenvalue weighted by atomic mass is 35.5. The normalized spacial score (nSPS) is 15.7. The number of amides is 1. The molecule has 2 aliphatic rings. The van der Waals surface area contributed by atoms with Gasteiger partial charge in [-0.25, -0.2) is 13.4 Å². The van der Waals surface area contributed by atoms with Crippen molar-refractivity contribution in [1.82, 2.24) is 9.88 Å². The lowest BCUT2D eigenvalue weighted by Crippen LogP contribution is -2.35. The van der Waals surface area contributed by atoms with Gasteiger partial charge in [-0.15, -0.1) is 23.7 Å². The number of thiazole rings is 1. The van der Waals surface area contributed by atoms with Crippen LogP contribution in [0.2, 0.25) is 0 Å². The molecule has 2 aromatic carbocycles. The van der Waals surface area contributed by atoms with Crippen LogP contribution in [0.25, 0.3) is 0 Å². The number of likely N-dealkylation sites (N-methyl/N-ethyl adjacent to an activating group) is 1. The molecule has 3 heterocycles. The number of carbonyl (C=O) groups excluding carboxylic acids is 1. The number of nitrogens with one attached hydrogen (secondary N) is 1. The molecule has 2 aliphatic heterocycles. The summed E-state index contributed by atoms with van der Waals surface area (Å²) < 4.78 is 28.1. The zero-order chi connectivity index (χ0) is 23.0. The Balaban J connectivity index is 0.00000274. The van der Waals surface area contributed by atoms with Crippen LogP contribution in [0.15, 0.2) is 53.4 Å². The Kier molecular flexibility index (Phi) is 7.28. The van der Waals surface area contributed by atoms with Gasteiger partial charge in [0.25, 0.3) is 15.9 Å². The predicted molar refractivity (Wildman–Crippen MR) is 138 cm³/mol. The number of fused-ring (bicyclic) bond motifs is 2. The molecule has 0 saturated heterocycles. The minimum atomic E-state index is -3.70. The summed E-state index contributed by atoms with van der Waals surface area (Å²) in [5, 5.41) is 3.46. The summed E-state index contributed by atoms with van der Waals surface area (Å²) in [6, 6.07) is 13.7. The van der Waals surface area contributed by atoms with Gasteiger partial charge < -0.3 is 0 Å². The van der Waals surface area contributed by atoms with Crippen LogP contribution in [0.1, 0.15) is 39.8 Å². The van der Waals surface area contributed by atoms with Crippen LogP contribution in [-0.4, -0.2) is 43.8 Å². The van der Waals surface area contributed by atoms with E-state index in [1.165, 1.54) is 32.7 Å². The number of para-hydroxylation sites is 1. The second-order valence-electron chi connectivity index (χ2n) is 8.30. The Morgan fingerprint density at radius 1 is 1.09 bits per heavy atom. The third-order valence-electron chi connectivity index (χ3n) is 6.25.